The number of hydrogen-bond donors (Lipinski definition) is 1. The molecule has 0 bridgehead atoms. The molecule has 11 heteroatoms. The molecule has 1 atom stereocenters. The van der Waals surface area contributed by atoms with Gasteiger partial charge in [0.05, 0.1) is 36.9 Å². The first-order chi connectivity index (χ1) is 17.1. The minimum absolute atomic E-state index is 0.102. The number of hydrogen-bond acceptors (Lipinski definition) is 9. The van der Waals surface area contributed by atoms with Crippen LogP contribution in [0, 0.1) is 5.82 Å². The molecule has 2 fully saturated rings. The van der Waals surface area contributed by atoms with Gasteiger partial charge in [0.25, 0.3) is 5.91 Å². The van der Waals surface area contributed by atoms with Gasteiger partial charge in [-0.15, -0.1) is 0 Å². The van der Waals surface area contributed by atoms with Crippen LogP contribution in [0.5, 0.6) is 0 Å². The Labute approximate surface area is 202 Å². The Morgan fingerprint density at radius 1 is 0.971 bits per heavy atom. The highest BCUT2D eigenvalue weighted by Gasteiger charge is 2.26. The fraction of sp³-hybridized carbons (Fsp3) is 0.375. The molecule has 3 aromatic heterocycles. The number of carbonyl (C=O) groups is 1. The summed E-state index contributed by atoms with van der Waals surface area (Å²) in [6.07, 6.45) is 6.25. The molecule has 2 saturated heterocycles. The molecule has 0 radical (unpaired) electrons. The maximum absolute atomic E-state index is 13.6. The predicted molar refractivity (Wildman–Crippen MR) is 130 cm³/mol. The number of carbonyl (C=O) groups excluding carboxylic acids is 1. The normalized spacial score (nSPS) is 18.5. The molecule has 0 spiro atoms. The number of aromatic nitrogens is 4. The van der Waals surface area contributed by atoms with Crippen LogP contribution in [0.3, 0.4) is 0 Å². The van der Waals surface area contributed by atoms with E-state index in [1.54, 1.807) is 24.7 Å². The third kappa shape index (κ3) is 5.29. The fourth-order valence-electron chi connectivity index (χ4n) is 4.27. The molecule has 182 valence electrons. The Balaban J connectivity index is 1.18. The summed E-state index contributed by atoms with van der Waals surface area (Å²) in [7, 11) is 0. The number of anilines is 4. The van der Waals surface area contributed by atoms with E-state index >= 15 is 0 Å². The van der Waals surface area contributed by atoms with Gasteiger partial charge >= 0.3 is 0 Å². The molecule has 0 aromatic carbocycles. The number of halogens is 1. The number of ether oxygens (including phenoxy) is 1. The van der Waals surface area contributed by atoms with Crippen LogP contribution in [0.15, 0.2) is 49.1 Å². The molecule has 1 N–H and O–H groups in total. The quantitative estimate of drug-likeness (QED) is 0.592. The average molecular weight is 479 g/mol. The SMILES string of the molecule is C[C@H]1CN(c2cc(F)ccn2)CCN1c1ncc(NC(=O)c2ccc(N3CCOCC3)nc2)cn1. The second-order valence-electron chi connectivity index (χ2n) is 8.55. The molecule has 5 rings (SSSR count). The number of amides is 1. The Morgan fingerprint density at radius 2 is 1.77 bits per heavy atom. The van der Waals surface area contributed by atoms with Crippen molar-refractivity contribution in [3.8, 4) is 0 Å². The molecule has 5 heterocycles. The van der Waals surface area contributed by atoms with E-state index < -0.39 is 0 Å². The molecule has 3 aromatic rings. The minimum Gasteiger partial charge on any atom is -0.378 e. The van der Waals surface area contributed by atoms with E-state index in [9.17, 15) is 9.18 Å². The van der Waals surface area contributed by atoms with Gasteiger partial charge < -0.3 is 24.8 Å². The summed E-state index contributed by atoms with van der Waals surface area (Å²) in [6.45, 7) is 7.03. The number of nitrogens with zero attached hydrogens (tertiary/aromatic N) is 7. The molecule has 2 aliphatic heterocycles. The van der Waals surface area contributed by atoms with Crippen LogP contribution in [0.2, 0.25) is 0 Å². The standard InChI is InChI=1S/C24H27FN8O2/c1-17-16-32(22-12-19(25)4-5-26-22)6-7-33(17)24-28-14-20(15-29-24)30-23(34)18-2-3-21(27-13-18)31-8-10-35-11-9-31/h2-5,12-15,17H,6-11,16H2,1H3,(H,30,34)/t17-/m0/s1. The van der Waals surface area contributed by atoms with E-state index in [4.69, 9.17) is 4.74 Å². The van der Waals surface area contributed by atoms with Gasteiger partial charge in [-0.05, 0) is 25.1 Å². The molecule has 35 heavy (non-hydrogen) atoms. The Kier molecular flexibility index (Phi) is 6.66. The second kappa shape index (κ2) is 10.2. The van der Waals surface area contributed by atoms with Crippen molar-refractivity contribution in [2.45, 2.75) is 13.0 Å². The summed E-state index contributed by atoms with van der Waals surface area (Å²) >= 11 is 0. The largest absolute Gasteiger partial charge is 0.378 e. The van der Waals surface area contributed by atoms with E-state index in [2.05, 4.69) is 46.9 Å². The first-order valence-electron chi connectivity index (χ1n) is 11.6. The second-order valence-corrected chi connectivity index (χ2v) is 8.55. The zero-order chi connectivity index (χ0) is 24.2. The van der Waals surface area contributed by atoms with Crippen molar-refractivity contribution in [3.63, 3.8) is 0 Å². The molecule has 0 unspecified atom stereocenters. The van der Waals surface area contributed by atoms with Crippen LogP contribution in [-0.4, -0.2) is 77.8 Å². The Hall–Kier alpha value is -3.86. The molecule has 0 saturated carbocycles. The van der Waals surface area contributed by atoms with E-state index in [1.807, 2.05) is 6.07 Å². The number of rotatable bonds is 5. The lowest BCUT2D eigenvalue weighted by Gasteiger charge is -2.40. The van der Waals surface area contributed by atoms with Crippen LogP contribution in [0.25, 0.3) is 0 Å². The Bertz CT molecular complexity index is 1150. The number of piperazine rings is 1. The van der Waals surface area contributed by atoms with Crippen LogP contribution >= 0.6 is 0 Å². The molecule has 2 aliphatic rings. The van der Waals surface area contributed by atoms with Crippen molar-refractivity contribution in [2.75, 3.05) is 66.0 Å². The lowest BCUT2D eigenvalue weighted by molar-refractivity contribution is 0.102. The topological polar surface area (TPSA) is 99.6 Å². The van der Waals surface area contributed by atoms with Crippen LogP contribution in [0.4, 0.5) is 27.7 Å². The number of nitrogens with one attached hydrogen (secondary N) is 1. The lowest BCUT2D eigenvalue weighted by Crippen LogP contribution is -2.53. The van der Waals surface area contributed by atoms with Crippen LogP contribution in [-0.2, 0) is 4.74 Å². The summed E-state index contributed by atoms with van der Waals surface area (Å²) in [5, 5.41) is 2.82. The molecular weight excluding hydrogens is 451 g/mol. The summed E-state index contributed by atoms with van der Waals surface area (Å²) in [4.78, 5) is 36.5. The van der Waals surface area contributed by atoms with Gasteiger partial charge in [-0.25, -0.2) is 24.3 Å². The molecule has 0 aliphatic carbocycles. The highest BCUT2D eigenvalue weighted by atomic mass is 19.1. The minimum atomic E-state index is -0.296. The van der Waals surface area contributed by atoms with E-state index in [0.29, 0.717) is 55.9 Å². The van der Waals surface area contributed by atoms with Crippen LogP contribution in [0.1, 0.15) is 17.3 Å². The zero-order valence-corrected chi connectivity index (χ0v) is 19.5. The third-order valence-electron chi connectivity index (χ3n) is 6.16. The predicted octanol–water partition coefficient (Wildman–Crippen LogP) is 2.21. The van der Waals surface area contributed by atoms with Gasteiger partial charge in [0, 0.05) is 57.2 Å². The summed E-state index contributed by atoms with van der Waals surface area (Å²) in [5.41, 5.74) is 0.966. The fourth-order valence-corrected chi connectivity index (χ4v) is 4.27. The highest BCUT2D eigenvalue weighted by Crippen LogP contribution is 2.21. The number of pyridine rings is 2. The van der Waals surface area contributed by atoms with Gasteiger partial charge in [-0.1, -0.05) is 0 Å². The first-order valence-corrected chi connectivity index (χ1v) is 11.6. The maximum Gasteiger partial charge on any atom is 0.257 e. The van der Waals surface area contributed by atoms with Crippen molar-refractivity contribution < 1.29 is 13.9 Å². The summed E-state index contributed by atoms with van der Waals surface area (Å²) in [6, 6.07) is 6.50. The smallest absolute Gasteiger partial charge is 0.257 e. The summed E-state index contributed by atoms with van der Waals surface area (Å²) in [5.74, 6) is 1.48. The first kappa shape index (κ1) is 22.9. The van der Waals surface area contributed by atoms with Crippen molar-refractivity contribution in [3.05, 3.63) is 60.4 Å². The van der Waals surface area contributed by atoms with Gasteiger partial charge in [0.15, 0.2) is 0 Å². The maximum atomic E-state index is 13.6. The molecule has 10 nitrogen and oxygen atoms in total. The van der Waals surface area contributed by atoms with Crippen molar-refractivity contribution in [1.29, 1.82) is 0 Å². The van der Waals surface area contributed by atoms with Gasteiger partial charge in [-0.2, -0.15) is 0 Å². The molecule has 1 amide bonds. The van der Waals surface area contributed by atoms with E-state index in [1.165, 1.54) is 18.3 Å². The third-order valence-corrected chi connectivity index (χ3v) is 6.16. The van der Waals surface area contributed by atoms with Gasteiger partial charge in [0.1, 0.15) is 17.5 Å². The van der Waals surface area contributed by atoms with E-state index in [0.717, 1.165) is 18.9 Å². The van der Waals surface area contributed by atoms with Crippen molar-refractivity contribution >= 4 is 29.2 Å². The Morgan fingerprint density at radius 3 is 2.46 bits per heavy atom. The summed E-state index contributed by atoms with van der Waals surface area (Å²) < 4.78 is 18.9. The monoisotopic (exact) mass is 478 g/mol. The molecular formula is C24H27FN8O2. The average Bonchev–Trinajstić information content (AvgIpc) is 2.90. The number of morpholine rings is 1. The van der Waals surface area contributed by atoms with Gasteiger partial charge in [-0.3, -0.25) is 4.79 Å². The van der Waals surface area contributed by atoms with Gasteiger partial charge in [0.2, 0.25) is 5.95 Å². The van der Waals surface area contributed by atoms with E-state index in [-0.39, 0.29) is 17.8 Å². The van der Waals surface area contributed by atoms with Crippen molar-refractivity contribution in [1.82, 2.24) is 19.9 Å². The van der Waals surface area contributed by atoms with Crippen molar-refractivity contribution in [2.24, 2.45) is 0 Å². The highest BCUT2D eigenvalue weighted by molar-refractivity contribution is 6.04. The van der Waals surface area contributed by atoms with Crippen LogP contribution < -0.4 is 20.0 Å². The lowest BCUT2D eigenvalue weighted by atomic mass is 10.2. The zero-order valence-electron chi connectivity index (χ0n) is 19.5.